The number of nitrogens with zero attached hydrogens (tertiary/aromatic N) is 2. The van der Waals surface area contributed by atoms with Crippen LogP contribution in [0.15, 0.2) is 23.7 Å². The molecule has 21 heavy (non-hydrogen) atoms. The van der Waals surface area contributed by atoms with Crippen LogP contribution in [0.4, 0.5) is 18.3 Å². The second kappa shape index (κ2) is 7.65. The van der Waals surface area contributed by atoms with Gasteiger partial charge in [-0.25, -0.2) is 4.98 Å². The highest BCUT2D eigenvalue weighted by Crippen LogP contribution is 2.30. The second-order valence-corrected chi connectivity index (χ2v) is 6.25. The van der Waals surface area contributed by atoms with Gasteiger partial charge in [0.25, 0.3) is 0 Å². The zero-order valence-corrected chi connectivity index (χ0v) is 13.4. The smallest absolute Gasteiger partial charge is 0.375 e. The van der Waals surface area contributed by atoms with E-state index in [9.17, 15) is 13.2 Å². The number of alkyl halides is 3. The van der Waals surface area contributed by atoms with Gasteiger partial charge in [-0.15, -0.1) is 11.3 Å². The first kappa shape index (κ1) is 17.8. The summed E-state index contributed by atoms with van der Waals surface area (Å²) in [6, 6.07) is 2.49. The molecule has 1 atom stereocenters. The summed E-state index contributed by atoms with van der Waals surface area (Å²) in [5.74, 6) is 0. The summed E-state index contributed by atoms with van der Waals surface area (Å²) in [6.45, 7) is 3.85. The van der Waals surface area contributed by atoms with Crippen molar-refractivity contribution in [3.63, 3.8) is 0 Å². The minimum absolute atomic E-state index is 0.171. The fourth-order valence-electron chi connectivity index (χ4n) is 1.32. The lowest BCUT2D eigenvalue weighted by Crippen LogP contribution is -2.07. The van der Waals surface area contributed by atoms with Crippen molar-refractivity contribution >= 4 is 28.2 Å². The molecule has 0 saturated heterocycles. The summed E-state index contributed by atoms with van der Waals surface area (Å²) in [6.07, 6.45) is -1.16. The zero-order valence-electron chi connectivity index (χ0n) is 11.8. The summed E-state index contributed by atoms with van der Waals surface area (Å²) in [4.78, 5) is 7.29. The highest BCUT2D eigenvalue weighted by atomic mass is 32.2. The number of nitrogens with two attached hydrogens (primary N) is 1. The maximum Gasteiger partial charge on any atom is 0.433 e. The van der Waals surface area contributed by atoms with Gasteiger partial charge in [-0.3, -0.25) is 4.98 Å². The van der Waals surface area contributed by atoms with Gasteiger partial charge in [-0.2, -0.15) is 24.9 Å². The molecule has 0 fully saturated rings. The molecule has 1 unspecified atom stereocenters. The largest absolute Gasteiger partial charge is 0.433 e. The van der Waals surface area contributed by atoms with Gasteiger partial charge in [0.05, 0.1) is 5.69 Å². The lowest BCUT2D eigenvalue weighted by atomic mass is 10.2. The number of thiazole rings is 1. The van der Waals surface area contributed by atoms with Crippen LogP contribution in [-0.4, -0.2) is 16.2 Å². The SMILES string of the molecule is CSC(C)c1ccc(C(F)(F)F)nc1.Cc1csc(N)n1. The lowest BCUT2D eigenvalue weighted by Gasteiger charge is -2.09. The van der Waals surface area contributed by atoms with Crippen molar-refractivity contribution in [3.8, 4) is 0 Å². The molecule has 0 bridgehead atoms. The van der Waals surface area contributed by atoms with E-state index < -0.39 is 11.9 Å². The highest BCUT2D eigenvalue weighted by Gasteiger charge is 2.32. The lowest BCUT2D eigenvalue weighted by molar-refractivity contribution is -0.141. The molecule has 8 heteroatoms. The number of hydrogen-bond acceptors (Lipinski definition) is 5. The predicted octanol–water partition coefficient (Wildman–Crippen LogP) is 4.56. The van der Waals surface area contributed by atoms with Crippen LogP contribution in [0, 0.1) is 6.92 Å². The fraction of sp³-hybridized carbons (Fsp3) is 0.385. The molecule has 2 N–H and O–H groups in total. The molecule has 0 saturated carbocycles. The number of nitrogen functional groups attached to an aromatic ring is 1. The Labute approximate surface area is 129 Å². The van der Waals surface area contributed by atoms with E-state index in [0.717, 1.165) is 17.3 Å². The Bertz CT molecular complexity index is 536. The van der Waals surface area contributed by atoms with Crippen molar-refractivity contribution in [2.75, 3.05) is 12.0 Å². The molecular weight excluding hydrogens is 319 g/mol. The second-order valence-electron chi connectivity index (χ2n) is 4.18. The van der Waals surface area contributed by atoms with Gasteiger partial charge in [0.15, 0.2) is 5.13 Å². The molecule has 116 valence electrons. The molecule has 0 spiro atoms. The van der Waals surface area contributed by atoms with Crippen LogP contribution >= 0.6 is 23.1 Å². The third-order valence-corrected chi connectivity index (χ3v) is 4.31. The summed E-state index contributed by atoms with van der Waals surface area (Å²) in [5, 5.41) is 2.75. The van der Waals surface area contributed by atoms with E-state index in [1.807, 2.05) is 25.5 Å². The number of hydrogen-bond donors (Lipinski definition) is 1. The van der Waals surface area contributed by atoms with Crippen molar-refractivity contribution in [2.45, 2.75) is 25.3 Å². The predicted molar refractivity (Wildman–Crippen MR) is 82.4 cm³/mol. The average Bonchev–Trinajstić information content (AvgIpc) is 2.81. The fourth-order valence-corrected chi connectivity index (χ4v) is 2.27. The average molecular weight is 335 g/mol. The maximum absolute atomic E-state index is 12.1. The normalized spacial score (nSPS) is 12.5. The molecule has 0 radical (unpaired) electrons. The van der Waals surface area contributed by atoms with Crippen molar-refractivity contribution in [2.24, 2.45) is 0 Å². The van der Waals surface area contributed by atoms with Crippen molar-refractivity contribution in [3.05, 3.63) is 40.7 Å². The van der Waals surface area contributed by atoms with Gasteiger partial charge in [0.2, 0.25) is 0 Å². The van der Waals surface area contributed by atoms with Gasteiger partial charge in [0.1, 0.15) is 5.69 Å². The van der Waals surface area contributed by atoms with Crippen LogP contribution in [0.1, 0.15) is 29.1 Å². The maximum atomic E-state index is 12.1. The van der Waals surface area contributed by atoms with E-state index in [2.05, 4.69) is 9.97 Å². The summed E-state index contributed by atoms with van der Waals surface area (Å²) < 4.78 is 36.4. The molecule has 0 aliphatic rings. The van der Waals surface area contributed by atoms with Crippen molar-refractivity contribution in [1.82, 2.24) is 9.97 Å². The number of aromatic nitrogens is 2. The van der Waals surface area contributed by atoms with Crippen LogP contribution in [0.5, 0.6) is 0 Å². The third kappa shape index (κ3) is 5.92. The topological polar surface area (TPSA) is 51.8 Å². The third-order valence-electron chi connectivity index (χ3n) is 2.54. The van der Waals surface area contributed by atoms with Gasteiger partial charge in [-0.05, 0) is 31.7 Å². The molecule has 2 rings (SSSR count). The Morgan fingerprint density at radius 3 is 2.29 bits per heavy atom. The van der Waals surface area contributed by atoms with Crippen LogP contribution in [0.25, 0.3) is 0 Å². The Balaban J connectivity index is 0.000000262. The van der Waals surface area contributed by atoms with E-state index in [1.165, 1.54) is 23.6 Å². The first-order chi connectivity index (χ1) is 9.74. The van der Waals surface area contributed by atoms with E-state index in [-0.39, 0.29) is 5.25 Å². The monoisotopic (exact) mass is 335 g/mol. The zero-order chi connectivity index (χ0) is 16.0. The molecule has 2 aromatic rings. The van der Waals surface area contributed by atoms with E-state index in [4.69, 9.17) is 5.73 Å². The van der Waals surface area contributed by atoms with Gasteiger partial charge in [0, 0.05) is 16.8 Å². The standard InChI is InChI=1S/C9H10F3NS.C4H6N2S/c1-6(14-2)7-3-4-8(13-5-7)9(10,11)12;1-3-2-7-4(5)6-3/h3-6H,1-2H3;2H,1H3,(H2,5,6). The number of anilines is 1. The first-order valence-corrected chi connectivity index (χ1v) is 8.14. The van der Waals surface area contributed by atoms with Crippen molar-refractivity contribution < 1.29 is 13.2 Å². The Morgan fingerprint density at radius 2 is 2.00 bits per heavy atom. The van der Waals surface area contributed by atoms with Crippen LogP contribution < -0.4 is 5.73 Å². The molecular formula is C13H16F3N3S2. The van der Waals surface area contributed by atoms with Gasteiger partial charge < -0.3 is 5.73 Å². The van der Waals surface area contributed by atoms with Crippen molar-refractivity contribution in [1.29, 1.82) is 0 Å². The number of halogens is 3. The Kier molecular flexibility index (Phi) is 6.47. The number of pyridine rings is 1. The number of thioether (sulfide) groups is 1. The first-order valence-electron chi connectivity index (χ1n) is 5.97. The molecule has 2 aromatic heterocycles. The molecule has 2 heterocycles. The number of aryl methyl sites for hydroxylation is 1. The van der Waals surface area contributed by atoms with E-state index >= 15 is 0 Å². The van der Waals surface area contributed by atoms with Gasteiger partial charge in [-0.1, -0.05) is 6.07 Å². The summed E-state index contributed by atoms with van der Waals surface area (Å²) in [7, 11) is 0. The van der Waals surface area contributed by atoms with E-state index in [0.29, 0.717) is 5.13 Å². The molecule has 0 aliphatic carbocycles. The van der Waals surface area contributed by atoms with Crippen LogP contribution in [-0.2, 0) is 6.18 Å². The van der Waals surface area contributed by atoms with E-state index in [1.54, 1.807) is 11.8 Å². The highest BCUT2D eigenvalue weighted by molar-refractivity contribution is 7.98. The Morgan fingerprint density at radius 1 is 1.33 bits per heavy atom. The minimum Gasteiger partial charge on any atom is -0.375 e. The summed E-state index contributed by atoms with van der Waals surface area (Å²) in [5.41, 5.74) is 6.26. The van der Waals surface area contributed by atoms with Crippen LogP contribution in [0.3, 0.4) is 0 Å². The van der Waals surface area contributed by atoms with Crippen LogP contribution in [0.2, 0.25) is 0 Å². The summed E-state index contributed by atoms with van der Waals surface area (Å²) >= 11 is 3.04. The molecule has 0 aliphatic heterocycles. The molecule has 0 aromatic carbocycles. The Hall–Kier alpha value is -1.28. The molecule has 3 nitrogen and oxygen atoms in total. The minimum atomic E-state index is -4.35. The van der Waals surface area contributed by atoms with Gasteiger partial charge >= 0.3 is 6.18 Å². The quantitative estimate of drug-likeness (QED) is 0.874. The molecule has 0 amide bonds. The number of rotatable bonds is 2.